The molecule has 0 aliphatic rings. The molecule has 0 radical (unpaired) electrons. The predicted octanol–water partition coefficient (Wildman–Crippen LogP) is 5.19. The Bertz CT molecular complexity index is 1370. The molecule has 11 heteroatoms. The lowest BCUT2D eigenvalue weighted by molar-refractivity contribution is -0.137. The van der Waals surface area contributed by atoms with Crippen molar-refractivity contribution in [2.75, 3.05) is 4.72 Å². The molecule has 1 N–H and O–H groups in total. The first-order valence-corrected chi connectivity index (χ1v) is 11.1. The van der Waals surface area contributed by atoms with Crippen LogP contribution in [-0.2, 0) is 16.2 Å². The molecule has 0 atom stereocenters. The fraction of sp³-hybridized carbons (Fsp3) is 0.0909. The van der Waals surface area contributed by atoms with Crippen LogP contribution in [0.1, 0.15) is 11.4 Å². The van der Waals surface area contributed by atoms with Gasteiger partial charge in [0.25, 0.3) is 10.0 Å². The minimum Gasteiger partial charge on any atom is -0.439 e. The van der Waals surface area contributed by atoms with Crippen LogP contribution >= 0.6 is 0 Å². The lowest BCUT2D eigenvalue weighted by atomic mass is 10.2. The first kappa shape index (κ1) is 22.3. The molecule has 0 aliphatic heterocycles. The highest BCUT2D eigenvalue weighted by molar-refractivity contribution is 7.92. The molecular weight excluding hydrogens is 457 g/mol. The molecule has 2 aromatic heterocycles. The van der Waals surface area contributed by atoms with Gasteiger partial charge in [0, 0.05) is 24.1 Å². The minimum atomic E-state index is -4.65. The molecule has 0 spiro atoms. The summed E-state index contributed by atoms with van der Waals surface area (Å²) in [6.07, 6.45) is -0.987. The number of nitrogens with zero attached hydrogens (tertiary/aromatic N) is 3. The lowest BCUT2D eigenvalue weighted by Gasteiger charge is -2.12. The van der Waals surface area contributed by atoms with E-state index in [9.17, 15) is 21.6 Å². The van der Waals surface area contributed by atoms with E-state index in [-0.39, 0.29) is 5.69 Å². The fourth-order valence-electron chi connectivity index (χ4n) is 2.96. The van der Waals surface area contributed by atoms with Crippen LogP contribution in [0.25, 0.3) is 5.82 Å². The van der Waals surface area contributed by atoms with Crippen molar-refractivity contribution in [2.24, 2.45) is 0 Å². The number of aryl methyl sites for hydroxylation is 1. The van der Waals surface area contributed by atoms with Crippen LogP contribution in [0.5, 0.6) is 11.6 Å². The summed E-state index contributed by atoms with van der Waals surface area (Å²) in [4.78, 5) is 8.09. The number of aromatic nitrogens is 3. The summed E-state index contributed by atoms with van der Waals surface area (Å²) in [6.45, 7) is 1.73. The largest absolute Gasteiger partial charge is 0.439 e. The van der Waals surface area contributed by atoms with E-state index in [0.717, 1.165) is 18.2 Å². The van der Waals surface area contributed by atoms with E-state index in [1.807, 2.05) is 24.5 Å². The lowest BCUT2D eigenvalue weighted by Crippen LogP contribution is -2.14. The molecule has 7 nitrogen and oxygen atoms in total. The molecule has 4 rings (SSSR count). The van der Waals surface area contributed by atoms with Crippen LogP contribution in [-0.4, -0.2) is 23.0 Å². The molecule has 0 saturated carbocycles. The Hall–Kier alpha value is -3.86. The van der Waals surface area contributed by atoms with Crippen LogP contribution in [0.15, 0.2) is 84.0 Å². The molecule has 170 valence electrons. The number of hydrogen-bond donors (Lipinski definition) is 1. The summed E-state index contributed by atoms with van der Waals surface area (Å²) in [5.41, 5.74) is -0.889. The summed E-state index contributed by atoms with van der Waals surface area (Å²) in [6, 6.07) is 14.8. The zero-order valence-corrected chi connectivity index (χ0v) is 17.9. The average molecular weight is 474 g/mol. The Morgan fingerprint density at radius 3 is 2.30 bits per heavy atom. The van der Waals surface area contributed by atoms with Crippen molar-refractivity contribution in [1.82, 2.24) is 14.5 Å². The maximum Gasteiger partial charge on any atom is 0.416 e. The summed E-state index contributed by atoms with van der Waals surface area (Å²) < 4.78 is 73.5. The van der Waals surface area contributed by atoms with Crippen molar-refractivity contribution in [2.45, 2.75) is 18.0 Å². The molecular formula is C22H17F3N4O3S. The van der Waals surface area contributed by atoms with Crippen LogP contribution < -0.4 is 9.46 Å². The van der Waals surface area contributed by atoms with Crippen molar-refractivity contribution in [3.8, 4) is 17.4 Å². The third kappa shape index (κ3) is 5.32. The van der Waals surface area contributed by atoms with Gasteiger partial charge in [-0.3, -0.25) is 4.72 Å². The Balaban J connectivity index is 1.50. The van der Waals surface area contributed by atoms with Crippen molar-refractivity contribution in [3.63, 3.8) is 0 Å². The van der Waals surface area contributed by atoms with Gasteiger partial charge in [0.15, 0.2) is 0 Å². The summed E-state index contributed by atoms with van der Waals surface area (Å²) in [5, 5.41) is 0. The van der Waals surface area contributed by atoms with Crippen LogP contribution in [0.4, 0.5) is 18.9 Å². The van der Waals surface area contributed by atoms with Gasteiger partial charge >= 0.3 is 6.18 Å². The number of hydrogen-bond acceptors (Lipinski definition) is 5. The number of rotatable bonds is 6. The van der Waals surface area contributed by atoms with E-state index < -0.39 is 26.7 Å². The highest BCUT2D eigenvalue weighted by Crippen LogP contribution is 2.31. The Labute approximate surface area is 187 Å². The smallest absolute Gasteiger partial charge is 0.416 e. The third-order valence-electron chi connectivity index (χ3n) is 4.47. The molecule has 4 aromatic rings. The first-order valence-electron chi connectivity index (χ1n) is 9.57. The maximum atomic E-state index is 12.9. The van der Waals surface area contributed by atoms with Gasteiger partial charge in [-0.1, -0.05) is 6.07 Å². The maximum absolute atomic E-state index is 12.9. The second-order valence-corrected chi connectivity index (χ2v) is 8.64. The predicted molar refractivity (Wildman–Crippen MR) is 115 cm³/mol. The number of nitrogens with one attached hydrogen (secondary N) is 1. The molecule has 0 aliphatic carbocycles. The van der Waals surface area contributed by atoms with E-state index in [1.165, 1.54) is 24.3 Å². The normalized spacial score (nSPS) is 11.9. The third-order valence-corrected chi connectivity index (χ3v) is 5.85. The van der Waals surface area contributed by atoms with Gasteiger partial charge in [-0.05, 0) is 61.5 Å². The Morgan fingerprint density at radius 1 is 0.939 bits per heavy atom. The van der Waals surface area contributed by atoms with Crippen molar-refractivity contribution >= 4 is 15.7 Å². The molecule has 0 amide bonds. The summed E-state index contributed by atoms with van der Waals surface area (Å²) in [7, 11) is -4.22. The number of sulfonamides is 1. The quantitative estimate of drug-likeness (QED) is 0.416. The number of ether oxygens (including phenoxy) is 1. The second kappa shape index (κ2) is 8.58. The van der Waals surface area contributed by atoms with E-state index in [4.69, 9.17) is 4.74 Å². The zero-order chi connectivity index (χ0) is 23.6. The van der Waals surface area contributed by atoms with Gasteiger partial charge in [0.05, 0.1) is 10.5 Å². The number of anilines is 1. The Kier molecular flexibility index (Phi) is 5.81. The minimum absolute atomic E-state index is 0.159. The number of alkyl halides is 3. The second-order valence-electron chi connectivity index (χ2n) is 6.96. The average Bonchev–Trinajstić information content (AvgIpc) is 3.29. The summed E-state index contributed by atoms with van der Waals surface area (Å²) in [5.74, 6) is 1.80. The molecule has 0 unspecified atom stereocenters. The van der Waals surface area contributed by atoms with Crippen LogP contribution in [0, 0.1) is 6.92 Å². The molecule has 0 fully saturated rings. The SMILES string of the molecule is Cc1nc(Oc2ccc(NS(=O)(=O)c3cccc(C(F)(F)F)c3)cc2)cc(-n2cccc2)n1. The standard InChI is InChI=1S/C22H17F3N4O3S/c1-15-26-20(29-11-2-3-12-29)14-21(27-15)32-18-9-7-17(8-10-18)28-33(30,31)19-6-4-5-16(13-19)22(23,24)25/h2-14,28H,1H3. The topological polar surface area (TPSA) is 86.1 Å². The number of halogens is 3. The molecule has 2 aromatic carbocycles. The molecule has 0 bridgehead atoms. The van der Waals surface area contributed by atoms with Gasteiger partial charge < -0.3 is 9.30 Å². The van der Waals surface area contributed by atoms with Crippen molar-refractivity contribution < 1.29 is 26.3 Å². The Morgan fingerprint density at radius 2 is 1.64 bits per heavy atom. The van der Waals surface area contributed by atoms with Crippen LogP contribution in [0.2, 0.25) is 0 Å². The zero-order valence-electron chi connectivity index (χ0n) is 17.1. The van der Waals surface area contributed by atoms with Gasteiger partial charge in [-0.15, -0.1) is 0 Å². The molecule has 2 heterocycles. The van der Waals surface area contributed by atoms with E-state index >= 15 is 0 Å². The summed E-state index contributed by atoms with van der Waals surface area (Å²) >= 11 is 0. The monoisotopic (exact) mass is 474 g/mol. The van der Waals surface area contributed by atoms with E-state index in [2.05, 4.69) is 14.7 Å². The van der Waals surface area contributed by atoms with E-state index in [1.54, 1.807) is 17.6 Å². The molecule has 33 heavy (non-hydrogen) atoms. The van der Waals surface area contributed by atoms with E-state index in [0.29, 0.717) is 29.3 Å². The van der Waals surface area contributed by atoms with Gasteiger partial charge in [-0.2, -0.15) is 18.2 Å². The number of benzene rings is 2. The van der Waals surface area contributed by atoms with Crippen molar-refractivity contribution in [3.05, 3.63) is 90.5 Å². The highest BCUT2D eigenvalue weighted by Gasteiger charge is 2.31. The van der Waals surface area contributed by atoms with Gasteiger partial charge in [-0.25, -0.2) is 13.4 Å². The fourth-order valence-corrected chi connectivity index (χ4v) is 4.07. The molecule has 0 saturated heterocycles. The first-order chi connectivity index (χ1) is 15.6. The van der Waals surface area contributed by atoms with Gasteiger partial charge in [0.1, 0.15) is 17.4 Å². The van der Waals surface area contributed by atoms with Crippen molar-refractivity contribution in [1.29, 1.82) is 0 Å². The van der Waals surface area contributed by atoms with Crippen LogP contribution in [0.3, 0.4) is 0 Å². The highest BCUT2D eigenvalue weighted by atomic mass is 32.2. The van der Waals surface area contributed by atoms with Gasteiger partial charge in [0.2, 0.25) is 5.88 Å².